The summed E-state index contributed by atoms with van der Waals surface area (Å²) in [4.78, 5) is 9.24. The molecule has 0 spiro atoms. The van der Waals surface area contributed by atoms with Crippen LogP contribution in [-0.2, 0) is 0 Å². The molecule has 2 N–H and O–H groups in total. The summed E-state index contributed by atoms with van der Waals surface area (Å²) < 4.78 is 0. The Balaban J connectivity index is 1.96. The van der Waals surface area contributed by atoms with E-state index in [1.54, 1.807) is 0 Å². The normalized spacial score (nSPS) is 11.0. The molecule has 4 nitrogen and oxygen atoms in total. The molecule has 1 heterocycles. The van der Waals surface area contributed by atoms with Crippen LogP contribution in [0.4, 0.5) is 5.95 Å². The van der Waals surface area contributed by atoms with Crippen LogP contribution in [0.25, 0.3) is 22.4 Å². The maximum atomic E-state index is 6.45. The third-order valence-corrected chi connectivity index (χ3v) is 4.62. The number of aromatic nitrogens is 2. The molecule has 6 heteroatoms. The molecule has 0 aliphatic rings. The Hall–Kier alpha value is -2.14. The van der Waals surface area contributed by atoms with Gasteiger partial charge in [0.1, 0.15) is 0 Å². The lowest BCUT2D eigenvalue weighted by Crippen LogP contribution is -2.28. The molecule has 0 amide bonds. The topological polar surface area (TPSA) is 49.8 Å². The highest BCUT2D eigenvalue weighted by atomic mass is 35.5. The maximum absolute atomic E-state index is 6.45. The second kappa shape index (κ2) is 9.18. The number of anilines is 1. The van der Waals surface area contributed by atoms with Gasteiger partial charge in [0, 0.05) is 46.5 Å². The molecule has 0 atom stereocenters. The predicted octanol–water partition coefficient (Wildman–Crippen LogP) is 5.53. The number of nitrogens with zero attached hydrogens (tertiary/aromatic N) is 2. The fourth-order valence-corrected chi connectivity index (χ4v) is 3.05. The molecule has 3 aromatic rings. The molecule has 2 aromatic carbocycles. The largest absolute Gasteiger partial charge is 0.353 e. The minimum absolute atomic E-state index is 0.443. The van der Waals surface area contributed by atoms with Crippen LogP contribution in [-0.4, -0.2) is 29.1 Å². The fourth-order valence-electron chi connectivity index (χ4n) is 2.70. The first-order valence-electron chi connectivity index (χ1n) is 8.89. The number of hydrogen-bond acceptors (Lipinski definition) is 4. The van der Waals surface area contributed by atoms with Gasteiger partial charge >= 0.3 is 0 Å². The van der Waals surface area contributed by atoms with Gasteiger partial charge < -0.3 is 10.6 Å². The number of rotatable bonds is 7. The summed E-state index contributed by atoms with van der Waals surface area (Å²) in [6.45, 7) is 5.81. The summed E-state index contributed by atoms with van der Waals surface area (Å²) in [5, 5.41) is 7.97. The van der Waals surface area contributed by atoms with Gasteiger partial charge in [-0.1, -0.05) is 67.4 Å². The Morgan fingerprint density at radius 2 is 1.67 bits per heavy atom. The first-order chi connectivity index (χ1) is 13.0. The molecule has 0 saturated carbocycles. The Morgan fingerprint density at radius 3 is 2.37 bits per heavy atom. The van der Waals surface area contributed by atoms with E-state index >= 15 is 0 Å². The number of benzene rings is 2. The van der Waals surface area contributed by atoms with Crippen LogP contribution in [0.3, 0.4) is 0 Å². The van der Waals surface area contributed by atoms with Gasteiger partial charge in [0.25, 0.3) is 0 Å². The summed E-state index contributed by atoms with van der Waals surface area (Å²) in [6.07, 6.45) is 1.83. The minimum atomic E-state index is 0.443. The zero-order valence-corrected chi connectivity index (χ0v) is 16.8. The lowest BCUT2D eigenvalue weighted by Gasteiger charge is -2.13. The van der Waals surface area contributed by atoms with Crippen molar-refractivity contribution >= 4 is 29.2 Å². The van der Waals surface area contributed by atoms with Crippen molar-refractivity contribution in [3.63, 3.8) is 0 Å². The van der Waals surface area contributed by atoms with E-state index in [1.807, 2.05) is 54.7 Å². The molecule has 27 heavy (non-hydrogen) atoms. The SMILES string of the molecule is CC(C)NCCNc1ncc(-c2ccc(Cl)cc2)c(-c2ccccc2Cl)n1. The van der Waals surface area contributed by atoms with Gasteiger partial charge in [0.15, 0.2) is 0 Å². The van der Waals surface area contributed by atoms with Crippen LogP contribution < -0.4 is 10.6 Å². The zero-order chi connectivity index (χ0) is 19.2. The van der Waals surface area contributed by atoms with Gasteiger partial charge in [0.05, 0.1) is 5.69 Å². The summed E-state index contributed by atoms with van der Waals surface area (Å²) in [5.41, 5.74) is 3.56. The van der Waals surface area contributed by atoms with E-state index in [-0.39, 0.29) is 0 Å². The highest BCUT2D eigenvalue weighted by Crippen LogP contribution is 2.35. The van der Waals surface area contributed by atoms with E-state index in [4.69, 9.17) is 28.2 Å². The van der Waals surface area contributed by atoms with E-state index < -0.39 is 0 Å². The smallest absolute Gasteiger partial charge is 0.223 e. The Bertz CT molecular complexity index is 895. The lowest BCUT2D eigenvalue weighted by molar-refractivity contribution is 0.601. The zero-order valence-electron chi connectivity index (χ0n) is 15.3. The van der Waals surface area contributed by atoms with Gasteiger partial charge in [-0.05, 0) is 23.8 Å². The van der Waals surface area contributed by atoms with E-state index in [2.05, 4.69) is 29.5 Å². The molecule has 0 bridgehead atoms. The van der Waals surface area contributed by atoms with Crippen LogP contribution >= 0.6 is 23.2 Å². The van der Waals surface area contributed by atoms with Crippen molar-refractivity contribution < 1.29 is 0 Å². The average Bonchev–Trinajstić information content (AvgIpc) is 2.66. The van der Waals surface area contributed by atoms with Gasteiger partial charge in [-0.3, -0.25) is 0 Å². The highest BCUT2D eigenvalue weighted by molar-refractivity contribution is 6.33. The summed E-state index contributed by atoms with van der Waals surface area (Å²) in [7, 11) is 0. The van der Waals surface area contributed by atoms with Crippen LogP contribution in [0.1, 0.15) is 13.8 Å². The molecule has 0 aliphatic heterocycles. The standard InChI is InChI=1S/C21H22Cl2N4/c1-14(2)24-11-12-25-21-26-13-18(15-7-9-16(22)10-8-15)20(27-21)17-5-3-4-6-19(17)23/h3-10,13-14,24H,11-12H2,1-2H3,(H,25,26,27). The third-order valence-electron chi connectivity index (χ3n) is 4.03. The van der Waals surface area contributed by atoms with Crippen LogP contribution in [0.5, 0.6) is 0 Å². The molecule has 0 radical (unpaired) electrons. The number of nitrogens with one attached hydrogen (secondary N) is 2. The second-order valence-corrected chi connectivity index (χ2v) is 7.32. The highest BCUT2D eigenvalue weighted by Gasteiger charge is 2.14. The molecule has 0 unspecified atom stereocenters. The van der Waals surface area contributed by atoms with Crippen molar-refractivity contribution in [2.24, 2.45) is 0 Å². The van der Waals surface area contributed by atoms with E-state index in [0.29, 0.717) is 22.0 Å². The van der Waals surface area contributed by atoms with Crippen molar-refractivity contribution in [3.8, 4) is 22.4 Å². The summed E-state index contributed by atoms with van der Waals surface area (Å²) in [6, 6.07) is 15.8. The maximum Gasteiger partial charge on any atom is 0.223 e. The van der Waals surface area contributed by atoms with Crippen molar-refractivity contribution in [1.82, 2.24) is 15.3 Å². The molecular formula is C21H22Cl2N4. The lowest BCUT2D eigenvalue weighted by atomic mass is 10.0. The van der Waals surface area contributed by atoms with Crippen molar-refractivity contribution in [1.29, 1.82) is 0 Å². The molecule has 1 aromatic heterocycles. The van der Waals surface area contributed by atoms with Crippen LogP contribution in [0, 0.1) is 0 Å². The number of hydrogen-bond donors (Lipinski definition) is 2. The van der Waals surface area contributed by atoms with Crippen molar-refractivity contribution in [2.75, 3.05) is 18.4 Å². The Labute approximate surface area is 170 Å². The van der Waals surface area contributed by atoms with E-state index in [9.17, 15) is 0 Å². The number of halogens is 2. The van der Waals surface area contributed by atoms with Gasteiger partial charge in [-0.25, -0.2) is 9.97 Å². The Kier molecular flexibility index (Phi) is 6.67. The first kappa shape index (κ1) is 19.6. The summed E-state index contributed by atoms with van der Waals surface area (Å²) in [5.74, 6) is 0.577. The van der Waals surface area contributed by atoms with Crippen LogP contribution in [0.2, 0.25) is 10.0 Å². The summed E-state index contributed by atoms with van der Waals surface area (Å²) >= 11 is 12.5. The molecule has 0 saturated heterocycles. The third kappa shape index (κ3) is 5.19. The van der Waals surface area contributed by atoms with Crippen molar-refractivity contribution in [3.05, 3.63) is 64.8 Å². The first-order valence-corrected chi connectivity index (χ1v) is 9.65. The minimum Gasteiger partial charge on any atom is -0.353 e. The van der Waals surface area contributed by atoms with Gasteiger partial charge in [0.2, 0.25) is 5.95 Å². The molecule has 0 fully saturated rings. The van der Waals surface area contributed by atoms with E-state index in [1.165, 1.54) is 0 Å². The predicted molar refractivity (Wildman–Crippen MR) is 115 cm³/mol. The molecular weight excluding hydrogens is 379 g/mol. The van der Waals surface area contributed by atoms with E-state index in [0.717, 1.165) is 35.5 Å². The fraction of sp³-hybridized carbons (Fsp3) is 0.238. The molecule has 0 aliphatic carbocycles. The molecule has 140 valence electrons. The van der Waals surface area contributed by atoms with Crippen LogP contribution in [0.15, 0.2) is 54.7 Å². The van der Waals surface area contributed by atoms with Gasteiger partial charge in [-0.15, -0.1) is 0 Å². The van der Waals surface area contributed by atoms with Crippen molar-refractivity contribution in [2.45, 2.75) is 19.9 Å². The molecule has 3 rings (SSSR count). The monoisotopic (exact) mass is 400 g/mol. The second-order valence-electron chi connectivity index (χ2n) is 6.48. The quantitative estimate of drug-likeness (QED) is 0.512. The van der Waals surface area contributed by atoms with Gasteiger partial charge in [-0.2, -0.15) is 0 Å². The average molecular weight is 401 g/mol. The Morgan fingerprint density at radius 1 is 0.926 bits per heavy atom.